The molecule has 0 amide bonds. The van der Waals surface area contributed by atoms with Crippen molar-refractivity contribution in [3.05, 3.63) is 218 Å². The number of aromatic nitrogens is 6. The van der Waals surface area contributed by atoms with Gasteiger partial charge in [-0.25, -0.2) is 4.98 Å². The fraction of sp³-hybridized carbons (Fsp3) is 0. The molecule has 0 aliphatic rings. The molecule has 0 saturated carbocycles. The summed E-state index contributed by atoms with van der Waals surface area (Å²) in [4.78, 5) is 16.7. The van der Waals surface area contributed by atoms with Crippen molar-refractivity contribution in [3.63, 3.8) is 0 Å². The van der Waals surface area contributed by atoms with E-state index in [1.165, 1.54) is 0 Å². The van der Waals surface area contributed by atoms with Gasteiger partial charge in [0.1, 0.15) is 11.2 Å². The molecule has 0 atom stereocenters. The molecule has 0 spiro atoms. The molecule has 0 unspecified atom stereocenters. The topological polar surface area (TPSA) is 79.7 Å². The molecule has 0 fully saturated rings. The highest BCUT2D eigenvalue weighted by Gasteiger charge is 2.26. The van der Waals surface area contributed by atoms with E-state index in [9.17, 15) is 0 Å². The lowest BCUT2D eigenvalue weighted by molar-refractivity contribution is 0.670. The zero-order valence-electron chi connectivity index (χ0n) is 37.8. The summed E-state index contributed by atoms with van der Waals surface area (Å²) in [6.07, 6.45) is 0. The summed E-state index contributed by atoms with van der Waals surface area (Å²) in [5.74, 6) is 1.57. The van der Waals surface area contributed by atoms with E-state index in [1.54, 1.807) is 0 Å². The summed E-state index contributed by atoms with van der Waals surface area (Å²) < 4.78 is 20.5. The van der Waals surface area contributed by atoms with Gasteiger partial charge in [-0.3, -0.25) is 4.57 Å². The van der Waals surface area contributed by atoms with Gasteiger partial charge in [-0.15, -0.1) is 0 Å². The normalized spacial score (nSPS) is 12.2. The largest absolute Gasteiger partial charge is 0.454 e. The Bertz CT molecular complexity index is 4610. The molecule has 8 heteroatoms. The molecule has 71 heavy (non-hydrogen) atoms. The van der Waals surface area contributed by atoms with E-state index in [1.807, 2.05) is 24.3 Å². The fourth-order valence-corrected chi connectivity index (χ4v) is 11.5. The first-order valence-corrected chi connectivity index (χ1v) is 23.9. The van der Waals surface area contributed by atoms with Gasteiger partial charge >= 0.3 is 0 Å². The third-order valence-electron chi connectivity index (χ3n) is 14.5. The molecule has 0 radical (unpaired) electrons. The molecule has 330 valence electrons. The quantitative estimate of drug-likeness (QED) is 0.172. The van der Waals surface area contributed by atoms with E-state index < -0.39 is 0 Å². The van der Waals surface area contributed by atoms with Crippen LogP contribution in [0.15, 0.2) is 227 Å². The van der Waals surface area contributed by atoms with Gasteiger partial charge in [-0.2, -0.15) is 9.97 Å². The molecule has 16 rings (SSSR count). The summed E-state index contributed by atoms with van der Waals surface area (Å²) in [5, 5.41) is 11.0. The second kappa shape index (κ2) is 14.4. The van der Waals surface area contributed by atoms with Gasteiger partial charge in [-0.05, 0) is 72.8 Å². The number of fused-ring (bicyclic) bond motifs is 17. The highest BCUT2D eigenvalue weighted by molar-refractivity contribution is 6.23. The van der Waals surface area contributed by atoms with Crippen LogP contribution in [0.25, 0.3) is 149 Å². The lowest BCUT2D eigenvalue weighted by Crippen LogP contribution is -2.09. The first-order chi connectivity index (χ1) is 35.2. The predicted molar refractivity (Wildman–Crippen MR) is 288 cm³/mol. The Morgan fingerprint density at radius 1 is 0.268 bits per heavy atom. The maximum atomic E-state index is 6.81. The third-order valence-corrected chi connectivity index (χ3v) is 14.5. The van der Waals surface area contributed by atoms with Crippen LogP contribution in [0.1, 0.15) is 0 Å². The van der Waals surface area contributed by atoms with Crippen LogP contribution in [0.4, 0.5) is 0 Å². The highest BCUT2D eigenvalue weighted by atomic mass is 16.3. The van der Waals surface area contributed by atoms with E-state index in [2.05, 4.69) is 208 Å². The summed E-state index contributed by atoms with van der Waals surface area (Å²) in [6, 6.07) is 76.4. The summed E-state index contributed by atoms with van der Waals surface area (Å²) in [6.45, 7) is 0. The average Bonchev–Trinajstić information content (AvgIpc) is 4.25. The number of hydrogen-bond acceptors (Lipinski definition) is 5. The van der Waals surface area contributed by atoms with Crippen molar-refractivity contribution in [2.24, 2.45) is 0 Å². The molecular weight excluding hydrogens is 873 g/mol. The Labute approximate surface area is 403 Å². The van der Waals surface area contributed by atoms with E-state index in [0.29, 0.717) is 17.6 Å². The van der Waals surface area contributed by atoms with Gasteiger partial charge in [0.15, 0.2) is 22.8 Å². The maximum Gasteiger partial charge on any atom is 0.238 e. The minimum Gasteiger partial charge on any atom is -0.454 e. The minimum absolute atomic E-state index is 0.510. The molecule has 16 aromatic rings. The number of rotatable bonds is 5. The number of nitrogens with zero attached hydrogens (tertiary/aromatic N) is 6. The van der Waals surface area contributed by atoms with Crippen LogP contribution in [-0.4, -0.2) is 28.7 Å². The molecule has 6 aromatic heterocycles. The number of hydrogen-bond donors (Lipinski definition) is 0. The standard InChI is InChI=1S/C63H36N6O2/c1-11-27-51-37(17-1)38-18-2-12-28-52(38)69(51)63-65-61(47-23-5-13-29-53(47)67-49-25-9-3-19-39(49)43-33-35-45-41-21-7-15-31-55(41)70-59(45)57(43)67)64-62(66-63)48-24-6-14-30-54(48)68-50-26-10-4-20-40(50)44-34-36-46-42-22-8-16-32-56(42)71-60(46)58(44)68/h1-36H. The van der Waals surface area contributed by atoms with Gasteiger partial charge in [0.25, 0.3) is 0 Å². The van der Waals surface area contributed by atoms with E-state index in [-0.39, 0.29) is 0 Å². The van der Waals surface area contributed by atoms with Crippen LogP contribution >= 0.6 is 0 Å². The predicted octanol–water partition coefficient (Wildman–Crippen LogP) is 16.3. The molecule has 10 aromatic carbocycles. The second-order valence-electron chi connectivity index (χ2n) is 18.3. The highest BCUT2D eigenvalue weighted by Crippen LogP contribution is 2.44. The average molecular weight is 909 g/mol. The van der Waals surface area contributed by atoms with E-state index in [4.69, 9.17) is 23.8 Å². The first-order valence-electron chi connectivity index (χ1n) is 23.9. The maximum absolute atomic E-state index is 6.81. The van der Waals surface area contributed by atoms with Crippen molar-refractivity contribution in [1.82, 2.24) is 28.7 Å². The summed E-state index contributed by atoms with van der Waals surface area (Å²) in [5.41, 5.74) is 12.9. The minimum atomic E-state index is 0.510. The van der Waals surface area contributed by atoms with Crippen LogP contribution < -0.4 is 0 Å². The Kier molecular flexibility index (Phi) is 7.73. The molecule has 0 N–H and O–H groups in total. The molecule has 0 aliphatic carbocycles. The van der Waals surface area contributed by atoms with Crippen LogP contribution in [0.3, 0.4) is 0 Å². The van der Waals surface area contributed by atoms with Gasteiger partial charge in [0.2, 0.25) is 5.95 Å². The van der Waals surface area contributed by atoms with Crippen LogP contribution in [0, 0.1) is 0 Å². The third kappa shape index (κ3) is 5.30. The summed E-state index contributed by atoms with van der Waals surface area (Å²) in [7, 11) is 0. The second-order valence-corrected chi connectivity index (χ2v) is 18.3. The molecule has 0 saturated heterocycles. The van der Waals surface area contributed by atoms with Crippen molar-refractivity contribution >= 4 is 109 Å². The zero-order valence-corrected chi connectivity index (χ0v) is 37.8. The number of para-hydroxylation sites is 8. The Hall–Kier alpha value is -9.79. The van der Waals surface area contributed by atoms with Gasteiger partial charge < -0.3 is 18.0 Å². The van der Waals surface area contributed by atoms with E-state index >= 15 is 0 Å². The number of benzene rings is 10. The Balaban J connectivity index is 1.01. The van der Waals surface area contributed by atoms with Gasteiger partial charge in [-0.1, -0.05) is 146 Å². The van der Waals surface area contributed by atoms with Gasteiger partial charge in [0, 0.05) is 65.0 Å². The molecule has 8 nitrogen and oxygen atoms in total. The molecule has 0 aliphatic heterocycles. The van der Waals surface area contributed by atoms with Crippen LogP contribution in [0.5, 0.6) is 0 Å². The molecule has 6 heterocycles. The Morgan fingerprint density at radius 3 is 1.06 bits per heavy atom. The Morgan fingerprint density at radius 2 is 0.606 bits per heavy atom. The van der Waals surface area contributed by atoms with Crippen molar-refractivity contribution in [3.8, 4) is 40.1 Å². The van der Waals surface area contributed by atoms with Crippen molar-refractivity contribution in [2.75, 3.05) is 0 Å². The van der Waals surface area contributed by atoms with E-state index in [0.717, 1.165) is 132 Å². The lowest BCUT2D eigenvalue weighted by Gasteiger charge is -2.17. The first kappa shape index (κ1) is 38.2. The van der Waals surface area contributed by atoms with Crippen LogP contribution in [-0.2, 0) is 0 Å². The SMILES string of the molecule is c1ccc(-n2c3ccccc3c3ccc4c5ccccc5oc4c32)c(-c2nc(-c3ccccc3-n3c4ccccc4c4ccc5c6ccccc6oc5c43)nc(-n3c4ccccc4c4ccccc43)n2)c1. The monoisotopic (exact) mass is 908 g/mol. The zero-order chi connectivity index (χ0) is 46.3. The van der Waals surface area contributed by atoms with Crippen LogP contribution in [0.2, 0.25) is 0 Å². The fourth-order valence-electron chi connectivity index (χ4n) is 11.5. The van der Waals surface area contributed by atoms with Gasteiger partial charge in [0.05, 0.1) is 44.5 Å². The smallest absolute Gasteiger partial charge is 0.238 e. The van der Waals surface area contributed by atoms with Crippen molar-refractivity contribution in [2.45, 2.75) is 0 Å². The molecule has 0 bridgehead atoms. The van der Waals surface area contributed by atoms with Crippen molar-refractivity contribution < 1.29 is 8.83 Å². The lowest BCUT2D eigenvalue weighted by atomic mass is 10.1. The molecular formula is C63H36N6O2. The number of furan rings is 2. The van der Waals surface area contributed by atoms with Crippen molar-refractivity contribution in [1.29, 1.82) is 0 Å². The summed E-state index contributed by atoms with van der Waals surface area (Å²) >= 11 is 0.